The van der Waals surface area contributed by atoms with Gasteiger partial charge in [-0.1, -0.05) is 25.0 Å². The van der Waals surface area contributed by atoms with Crippen LogP contribution in [0.25, 0.3) is 0 Å². The molecule has 1 aromatic carbocycles. The lowest BCUT2D eigenvalue weighted by molar-refractivity contribution is 0.0456. The van der Waals surface area contributed by atoms with Gasteiger partial charge >= 0.3 is 0 Å². The summed E-state index contributed by atoms with van der Waals surface area (Å²) in [4.78, 5) is 0.131. The Morgan fingerprint density at radius 2 is 2.00 bits per heavy atom. The summed E-state index contributed by atoms with van der Waals surface area (Å²) in [6.07, 6.45) is 4.98. The average molecular weight is 275 g/mol. The Labute approximate surface area is 106 Å². The normalized spacial score (nSPS) is 17.5. The molecule has 1 saturated carbocycles. The number of halogens is 1. The molecule has 0 spiro atoms. The second-order valence-electron chi connectivity index (χ2n) is 4.30. The Morgan fingerprint density at radius 1 is 1.29 bits per heavy atom. The van der Waals surface area contributed by atoms with Crippen LogP contribution in [0.15, 0.2) is 29.2 Å². The van der Waals surface area contributed by atoms with Gasteiger partial charge in [-0.2, -0.15) is 0 Å². The monoisotopic (exact) mass is 274 g/mol. The van der Waals surface area contributed by atoms with Gasteiger partial charge in [0.25, 0.3) is 9.05 Å². The quantitative estimate of drug-likeness (QED) is 0.793. The van der Waals surface area contributed by atoms with Crippen molar-refractivity contribution in [2.45, 2.75) is 43.3 Å². The maximum absolute atomic E-state index is 11.2. The summed E-state index contributed by atoms with van der Waals surface area (Å²) in [7, 11) is 1.64. The van der Waals surface area contributed by atoms with E-state index >= 15 is 0 Å². The molecule has 0 saturated heterocycles. The van der Waals surface area contributed by atoms with Crippen LogP contribution in [0.3, 0.4) is 0 Å². The van der Waals surface area contributed by atoms with Crippen molar-refractivity contribution < 1.29 is 13.2 Å². The number of hydrogen-bond donors (Lipinski definition) is 0. The highest BCUT2D eigenvalue weighted by atomic mass is 35.7. The van der Waals surface area contributed by atoms with Crippen molar-refractivity contribution in [2.24, 2.45) is 0 Å². The van der Waals surface area contributed by atoms with Crippen molar-refractivity contribution in [3.63, 3.8) is 0 Å². The van der Waals surface area contributed by atoms with E-state index in [0.717, 1.165) is 18.4 Å². The molecule has 1 fully saturated rings. The Bertz CT molecular complexity index is 478. The summed E-state index contributed by atoms with van der Waals surface area (Å²) in [6, 6.07) is 6.59. The highest BCUT2D eigenvalue weighted by Gasteiger charge is 2.16. The molecule has 0 unspecified atom stereocenters. The number of rotatable bonds is 4. The Kier molecular flexibility index (Phi) is 4.07. The molecular formula is C12H15ClO3S. The first-order chi connectivity index (χ1) is 8.05. The van der Waals surface area contributed by atoms with Gasteiger partial charge in [0.1, 0.15) is 0 Å². The van der Waals surface area contributed by atoms with Gasteiger partial charge in [0.15, 0.2) is 0 Å². The molecule has 2 rings (SSSR count). The topological polar surface area (TPSA) is 43.4 Å². The van der Waals surface area contributed by atoms with Crippen LogP contribution in [-0.4, -0.2) is 14.5 Å². The standard InChI is InChI=1S/C12H15ClO3S/c13-17(14,15)12-7-3-4-10(8-12)9-16-11-5-1-2-6-11/h3-4,7-8,11H,1-2,5-6,9H2. The number of hydrogen-bond acceptors (Lipinski definition) is 3. The van der Waals surface area contributed by atoms with Crippen LogP contribution in [0, 0.1) is 0 Å². The predicted octanol–water partition coefficient (Wildman–Crippen LogP) is 3.07. The lowest BCUT2D eigenvalue weighted by Crippen LogP contribution is -2.07. The van der Waals surface area contributed by atoms with E-state index in [2.05, 4.69) is 0 Å². The molecule has 3 nitrogen and oxygen atoms in total. The van der Waals surface area contributed by atoms with Crippen molar-refractivity contribution in [1.29, 1.82) is 0 Å². The van der Waals surface area contributed by atoms with Crippen LogP contribution in [0.1, 0.15) is 31.2 Å². The van der Waals surface area contributed by atoms with E-state index in [4.69, 9.17) is 15.4 Å². The number of benzene rings is 1. The van der Waals surface area contributed by atoms with Gasteiger partial charge in [-0.15, -0.1) is 0 Å². The predicted molar refractivity (Wildman–Crippen MR) is 66.5 cm³/mol. The van der Waals surface area contributed by atoms with E-state index in [9.17, 15) is 8.42 Å². The van der Waals surface area contributed by atoms with Gasteiger partial charge < -0.3 is 4.74 Å². The van der Waals surface area contributed by atoms with E-state index in [1.807, 2.05) is 6.07 Å². The molecule has 0 atom stereocenters. The van der Waals surface area contributed by atoms with Gasteiger partial charge in [0.2, 0.25) is 0 Å². The lowest BCUT2D eigenvalue weighted by atomic mass is 10.2. The first-order valence-corrected chi connectivity index (χ1v) is 8.02. The SMILES string of the molecule is O=S(=O)(Cl)c1cccc(COC2CCCC2)c1. The minimum Gasteiger partial charge on any atom is -0.374 e. The van der Waals surface area contributed by atoms with Crippen LogP contribution in [-0.2, 0) is 20.4 Å². The van der Waals surface area contributed by atoms with E-state index in [0.29, 0.717) is 12.7 Å². The van der Waals surface area contributed by atoms with E-state index in [-0.39, 0.29) is 4.90 Å². The van der Waals surface area contributed by atoms with E-state index in [1.54, 1.807) is 12.1 Å². The molecule has 94 valence electrons. The molecule has 1 aliphatic rings. The van der Waals surface area contributed by atoms with Gasteiger partial charge in [0.05, 0.1) is 17.6 Å². The molecule has 17 heavy (non-hydrogen) atoms. The molecule has 0 aliphatic heterocycles. The molecule has 0 heterocycles. The van der Waals surface area contributed by atoms with Gasteiger partial charge in [-0.25, -0.2) is 8.42 Å². The smallest absolute Gasteiger partial charge is 0.261 e. The first kappa shape index (κ1) is 12.9. The van der Waals surface area contributed by atoms with Gasteiger partial charge in [-0.05, 0) is 30.5 Å². The average Bonchev–Trinajstić information content (AvgIpc) is 2.78. The van der Waals surface area contributed by atoms with Crippen LogP contribution in [0.4, 0.5) is 0 Å². The van der Waals surface area contributed by atoms with E-state index in [1.165, 1.54) is 18.9 Å². The fourth-order valence-corrected chi connectivity index (χ4v) is 2.88. The Balaban J connectivity index is 2.01. The lowest BCUT2D eigenvalue weighted by Gasteiger charge is -2.11. The molecule has 0 N–H and O–H groups in total. The summed E-state index contributed by atoms with van der Waals surface area (Å²) in [5.74, 6) is 0. The van der Waals surface area contributed by atoms with Crippen molar-refractivity contribution in [3.05, 3.63) is 29.8 Å². The molecule has 0 bridgehead atoms. The summed E-state index contributed by atoms with van der Waals surface area (Å²) in [6.45, 7) is 0.449. The van der Waals surface area contributed by atoms with Crippen LogP contribution in [0.2, 0.25) is 0 Å². The second kappa shape index (κ2) is 5.38. The van der Waals surface area contributed by atoms with Crippen molar-refractivity contribution >= 4 is 19.7 Å². The fourth-order valence-electron chi connectivity index (χ4n) is 2.06. The van der Waals surface area contributed by atoms with Crippen molar-refractivity contribution in [3.8, 4) is 0 Å². The highest BCUT2D eigenvalue weighted by molar-refractivity contribution is 8.13. The molecule has 5 heteroatoms. The molecule has 0 amide bonds. The molecule has 1 aromatic rings. The summed E-state index contributed by atoms with van der Waals surface area (Å²) >= 11 is 0. The zero-order valence-corrected chi connectivity index (χ0v) is 11.0. The summed E-state index contributed by atoms with van der Waals surface area (Å²) in [5, 5.41) is 0. The third-order valence-corrected chi connectivity index (χ3v) is 4.32. The molecule has 1 aliphatic carbocycles. The van der Waals surface area contributed by atoms with E-state index < -0.39 is 9.05 Å². The minimum atomic E-state index is -3.65. The molecule has 0 aromatic heterocycles. The van der Waals surface area contributed by atoms with Crippen LogP contribution < -0.4 is 0 Å². The Hall–Kier alpha value is -0.580. The van der Waals surface area contributed by atoms with Crippen molar-refractivity contribution in [2.75, 3.05) is 0 Å². The third-order valence-electron chi connectivity index (χ3n) is 2.97. The second-order valence-corrected chi connectivity index (χ2v) is 6.87. The number of ether oxygens (including phenoxy) is 1. The van der Waals surface area contributed by atoms with Crippen LogP contribution in [0.5, 0.6) is 0 Å². The summed E-state index contributed by atoms with van der Waals surface area (Å²) in [5.41, 5.74) is 0.846. The summed E-state index contributed by atoms with van der Waals surface area (Å²) < 4.78 is 28.1. The third kappa shape index (κ3) is 3.69. The van der Waals surface area contributed by atoms with Gasteiger partial charge in [0, 0.05) is 10.7 Å². The molecule has 0 radical (unpaired) electrons. The fraction of sp³-hybridized carbons (Fsp3) is 0.500. The Morgan fingerprint density at radius 3 is 2.65 bits per heavy atom. The van der Waals surface area contributed by atoms with Crippen LogP contribution >= 0.6 is 10.7 Å². The van der Waals surface area contributed by atoms with Crippen molar-refractivity contribution in [1.82, 2.24) is 0 Å². The maximum Gasteiger partial charge on any atom is 0.261 e. The van der Waals surface area contributed by atoms with Gasteiger partial charge in [-0.3, -0.25) is 0 Å². The largest absolute Gasteiger partial charge is 0.374 e. The first-order valence-electron chi connectivity index (χ1n) is 5.71. The zero-order chi connectivity index (χ0) is 12.3. The molecular weight excluding hydrogens is 260 g/mol. The zero-order valence-electron chi connectivity index (χ0n) is 9.43. The maximum atomic E-state index is 11.2. The minimum absolute atomic E-state index is 0.131. The highest BCUT2D eigenvalue weighted by Crippen LogP contribution is 2.23.